The molecule has 2 amide bonds. The molecule has 0 atom stereocenters. The predicted octanol–water partition coefficient (Wildman–Crippen LogP) is 2.76. The number of nitrogens with one attached hydrogen (secondary N) is 1. The van der Waals surface area contributed by atoms with Crippen LogP contribution in [0.3, 0.4) is 0 Å². The van der Waals surface area contributed by atoms with Crippen LogP contribution in [0.1, 0.15) is 27.0 Å². The number of aryl methyl sites for hydroxylation is 1. The van der Waals surface area contributed by atoms with Crippen LogP contribution in [0.2, 0.25) is 0 Å². The molecule has 0 radical (unpaired) electrons. The summed E-state index contributed by atoms with van der Waals surface area (Å²) >= 11 is 0. The van der Waals surface area contributed by atoms with Crippen LogP contribution in [0.15, 0.2) is 24.5 Å². The molecule has 1 aliphatic rings. The summed E-state index contributed by atoms with van der Waals surface area (Å²) in [4.78, 5) is 33.8. The quantitative estimate of drug-likeness (QED) is 0.813. The molecule has 148 valence electrons. The van der Waals surface area contributed by atoms with E-state index in [2.05, 4.69) is 20.0 Å². The van der Waals surface area contributed by atoms with Crippen molar-refractivity contribution in [3.63, 3.8) is 0 Å². The average molecular weight is 392 g/mol. The van der Waals surface area contributed by atoms with E-state index in [0.29, 0.717) is 16.7 Å². The lowest BCUT2D eigenvalue weighted by Crippen LogP contribution is -2.23. The van der Waals surface area contributed by atoms with Crippen LogP contribution in [0, 0.1) is 6.92 Å². The number of hydrogen-bond donors (Lipinski definition) is 1. The Labute approximate surface area is 159 Å². The number of alkyl halides is 2. The number of ether oxygens (including phenoxy) is 2. The molecule has 0 bridgehead atoms. The molecule has 0 aromatic carbocycles. The number of fused-ring (bicyclic) bond motifs is 1. The first-order chi connectivity index (χ1) is 13.4. The van der Waals surface area contributed by atoms with Gasteiger partial charge in [-0.15, -0.1) is 0 Å². The lowest BCUT2D eigenvalue weighted by atomic mass is 10.1. The highest BCUT2D eigenvalue weighted by molar-refractivity contribution is 6.00. The summed E-state index contributed by atoms with van der Waals surface area (Å²) in [6.45, 7) is 1.48. The van der Waals surface area contributed by atoms with Crippen LogP contribution in [0.25, 0.3) is 0 Å². The summed E-state index contributed by atoms with van der Waals surface area (Å²) in [6, 6.07) is 3.32. The van der Waals surface area contributed by atoms with Gasteiger partial charge in [-0.25, -0.2) is 23.5 Å². The van der Waals surface area contributed by atoms with Gasteiger partial charge in [0.25, 0.3) is 12.3 Å². The minimum Gasteiger partial charge on any atom is -0.471 e. The van der Waals surface area contributed by atoms with Crippen molar-refractivity contribution < 1.29 is 27.8 Å². The molecule has 0 aliphatic carbocycles. The molecule has 0 saturated heterocycles. The Balaban J connectivity index is 1.74. The predicted molar refractivity (Wildman–Crippen MR) is 94.3 cm³/mol. The Bertz CT molecular complexity index is 907. The van der Waals surface area contributed by atoms with Gasteiger partial charge in [0.15, 0.2) is 6.61 Å². The van der Waals surface area contributed by atoms with Crippen molar-refractivity contribution >= 4 is 17.8 Å². The van der Waals surface area contributed by atoms with Crippen LogP contribution in [-0.2, 0) is 17.8 Å². The van der Waals surface area contributed by atoms with Gasteiger partial charge in [0, 0.05) is 35.6 Å². The van der Waals surface area contributed by atoms with Gasteiger partial charge in [-0.3, -0.25) is 10.1 Å². The van der Waals surface area contributed by atoms with Crippen molar-refractivity contribution in [1.82, 2.24) is 14.9 Å². The van der Waals surface area contributed by atoms with E-state index in [1.54, 1.807) is 24.0 Å². The molecule has 1 aliphatic heterocycles. The maximum absolute atomic E-state index is 12.7. The zero-order valence-electron chi connectivity index (χ0n) is 15.2. The normalized spacial score (nSPS) is 12.9. The number of nitrogens with zero attached hydrogens (tertiary/aromatic N) is 3. The van der Waals surface area contributed by atoms with Crippen molar-refractivity contribution in [2.24, 2.45) is 0 Å². The second-order valence-electron chi connectivity index (χ2n) is 6.13. The molecule has 0 spiro atoms. The molecule has 0 unspecified atom stereocenters. The standard InChI is InChI=1S/C18H18F2N4O4/c1-10-5-11(6-22-16(10)28-9-14(19)20)7-24-8-13-12(17(24)25)3-4-21-15(13)23-18(26)27-2/h3-6,14H,7-9H2,1-2H3,(H,21,23,26). The smallest absolute Gasteiger partial charge is 0.412 e. The Morgan fingerprint density at radius 3 is 2.86 bits per heavy atom. The monoisotopic (exact) mass is 392 g/mol. The van der Waals surface area contributed by atoms with Crippen LogP contribution in [0.5, 0.6) is 5.88 Å². The number of halogens is 2. The highest BCUT2D eigenvalue weighted by atomic mass is 19.3. The third-order valence-corrected chi connectivity index (χ3v) is 4.13. The molecule has 0 fully saturated rings. The number of methoxy groups -OCH3 is 1. The van der Waals surface area contributed by atoms with Crippen LogP contribution in [-0.4, -0.2) is 47.0 Å². The Morgan fingerprint density at radius 1 is 1.39 bits per heavy atom. The Hall–Kier alpha value is -3.30. The van der Waals surface area contributed by atoms with E-state index >= 15 is 0 Å². The summed E-state index contributed by atoms with van der Waals surface area (Å²) in [6.07, 6.45) is -0.337. The average Bonchev–Trinajstić information content (AvgIpc) is 2.98. The van der Waals surface area contributed by atoms with Gasteiger partial charge in [-0.2, -0.15) is 0 Å². The maximum atomic E-state index is 12.7. The van der Waals surface area contributed by atoms with E-state index < -0.39 is 19.1 Å². The number of hydrogen-bond acceptors (Lipinski definition) is 6. The van der Waals surface area contributed by atoms with Gasteiger partial charge >= 0.3 is 6.09 Å². The molecule has 3 heterocycles. The highest BCUT2D eigenvalue weighted by Crippen LogP contribution is 2.29. The van der Waals surface area contributed by atoms with Gasteiger partial charge < -0.3 is 14.4 Å². The summed E-state index contributed by atoms with van der Waals surface area (Å²) < 4.78 is 34.1. The van der Waals surface area contributed by atoms with E-state index in [1.807, 2.05) is 0 Å². The first kappa shape index (κ1) is 19.5. The van der Waals surface area contributed by atoms with Crippen LogP contribution in [0.4, 0.5) is 19.4 Å². The van der Waals surface area contributed by atoms with Gasteiger partial charge in [-0.05, 0) is 24.6 Å². The second-order valence-corrected chi connectivity index (χ2v) is 6.13. The fourth-order valence-corrected chi connectivity index (χ4v) is 2.89. The first-order valence-electron chi connectivity index (χ1n) is 8.37. The zero-order valence-corrected chi connectivity index (χ0v) is 15.2. The Kier molecular flexibility index (Phi) is 5.67. The molecule has 8 nitrogen and oxygen atoms in total. The third kappa shape index (κ3) is 4.16. The number of carbonyl (C=O) groups is 2. The van der Waals surface area contributed by atoms with Gasteiger partial charge in [0.1, 0.15) is 5.82 Å². The molecular weight excluding hydrogens is 374 g/mol. The molecule has 10 heteroatoms. The first-order valence-corrected chi connectivity index (χ1v) is 8.37. The summed E-state index contributed by atoms with van der Waals surface area (Å²) in [7, 11) is 1.24. The molecule has 2 aromatic heterocycles. The largest absolute Gasteiger partial charge is 0.471 e. The number of anilines is 1. The molecule has 3 rings (SSSR count). The summed E-state index contributed by atoms with van der Waals surface area (Å²) in [5, 5.41) is 2.50. The Morgan fingerprint density at radius 2 is 2.18 bits per heavy atom. The highest BCUT2D eigenvalue weighted by Gasteiger charge is 2.30. The lowest BCUT2D eigenvalue weighted by Gasteiger charge is -2.16. The maximum Gasteiger partial charge on any atom is 0.412 e. The number of rotatable bonds is 6. The van der Waals surface area contributed by atoms with E-state index in [9.17, 15) is 18.4 Å². The van der Waals surface area contributed by atoms with E-state index in [1.165, 1.54) is 19.5 Å². The molecular formula is C18H18F2N4O4. The number of amides is 2. The summed E-state index contributed by atoms with van der Waals surface area (Å²) in [5.41, 5.74) is 2.36. The van der Waals surface area contributed by atoms with Crippen molar-refractivity contribution in [1.29, 1.82) is 0 Å². The minimum absolute atomic E-state index is 0.133. The molecule has 0 saturated carbocycles. The van der Waals surface area contributed by atoms with E-state index in [4.69, 9.17) is 4.74 Å². The van der Waals surface area contributed by atoms with Crippen molar-refractivity contribution in [3.8, 4) is 5.88 Å². The van der Waals surface area contributed by atoms with Crippen LogP contribution < -0.4 is 10.1 Å². The number of carbonyl (C=O) groups excluding carboxylic acids is 2. The van der Waals surface area contributed by atoms with Gasteiger partial charge in [0.2, 0.25) is 5.88 Å². The van der Waals surface area contributed by atoms with Gasteiger partial charge in [0.05, 0.1) is 13.7 Å². The number of aromatic nitrogens is 2. The number of pyridine rings is 2. The fourth-order valence-electron chi connectivity index (χ4n) is 2.89. The second kappa shape index (κ2) is 8.15. The van der Waals surface area contributed by atoms with Crippen molar-refractivity contribution in [2.45, 2.75) is 26.4 Å². The third-order valence-electron chi connectivity index (χ3n) is 4.13. The van der Waals surface area contributed by atoms with E-state index in [0.717, 1.165) is 5.56 Å². The molecule has 2 aromatic rings. The minimum atomic E-state index is -2.58. The van der Waals surface area contributed by atoms with Crippen LogP contribution >= 0.6 is 0 Å². The lowest BCUT2D eigenvalue weighted by molar-refractivity contribution is 0.0762. The van der Waals surface area contributed by atoms with Crippen molar-refractivity contribution in [2.75, 3.05) is 19.0 Å². The molecule has 28 heavy (non-hydrogen) atoms. The fraction of sp³-hybridized carbons (Fsp3) is 0.333. The topological polar surface area (TPSA) is 93.7 Å². The SMILES string of the molecule is COC(=O)Nc1nccc2c1CN(Cc1cnc(OCC(F)F)c(C)c1)C2=O. The van der Waals surface area contributed by atoms with Crippen molar-refractivity contribution in [3.05, 3.63) is 46.8 Å². The zero-order chi connectivity index (χ0) is 20.3. The summed E-state index contributed by atoms with van der Waals surface area (Å²) in [5.74, 6) is 0.195. The van der Waals surface area contributed by atoms with E-state index in [-0.39, 0.29) is 30.7 Å². The molecule has 1 N–H and O–H groups in total. The van der Waals surface area contributed by atoms with Gasteiger partial charge in [-0.1, -0.05) is 0 Å².